The lowest BCUT2D eigenvalue weighted by molar-refractivity contribution is -0.120. The summed E-state index contributed by atoms with van der Waals surface area (Å²) >= 11 is 0. The van der Waals surface area contributed by atoms with Gasteiger partial charge < -0.3 is 30.3 Å². The highest BCUT2D eigenvalue weighted by molar-refractivity contribution is 6.00. The Morgan fingerprint density at radius 1 is 1.08 bits per heavy atom. The number of urea groups is 1. The minimum absolute atomic E-state index is 0.0126. The van der Waals surface area contributed by atoms with Gasteiger partial charge in [-0.2, -0.15) is 0 Å². The van der Waals surface area contributed by atoms with Crippen molar-refractivity contribution in [1.82, 2.24) is 9.80 Å². The van der Waals surface area contributed by atoms with Gasteiger partial charge in [0.15, 0.2) is 0 Å². The molecular formula is C30H40N4O5. The number of para-hydroxylation sites is 1. The van der Waals surface area contributed by atoms with Crippen LogP contribution >= 0.6 is 0 Å². The third-order valence-electron chi connectivity index (χ3n) is 7.73. The van der Waals surface area contributed by atoms with Crippen LogP contribution < -0.4 is 15.4 Å². The van der Waals surface area contributed by atoms with Gasteiger partial charge in [0.05, 0.1) is 24.8 Å². The fourth-order valence-corrected chi connectivity index (χ4v) is 5.22. The minimum atomic E-state index is -0.417. The van der Waals surface area contributed by atoms with Crippen molar-refractivity contribution in [2.75, 3.05) is 37.4 Å². The predicted octanol–water partition coefficient (Wildman–Crippen LogP) is 4.59. The van der Waals surface area contributed by atoms with Crippen molar-refractivity contribution in [1.29, 1.82) is 0 Å². The standard InChI is InChI=1S/C30H40N4O5/c1-20-17-34(21(2)19-35)29(37)25-16-24(31-28(36)22-10-6-4-7-11-22)14-15-26(25)39-27(20)18-33(3)30(38)32-23-12-8-5-9-13-23/h5,8-9,12-16,20-22,27,35H,4,6-7,10-11,17-19H2,1-3H3,(H,31,36)(H,32,38)/t20-,21-,27+/m1/s1. The van der Waals surface area contributed by atoms with Crippen LogP contribution in [-0.2, 0) is 4.79 Å². The molecule has 0 bridgehead atoms. The number of carbonyl (C=O) groups is 3. The maximum absolute atomic E-state index is 13.7. The van der Waals surface area contributed by atoms with E-state index in [1.807, 2.05) is 37.3 Å². The summed E-state index contributed by atoms with van der Waals surface area (Å²) in [4.78, 5) is 42.6. The first-order chi connectivity index (χ1) is 18.8. The second-order valence-corrected chi connectivity index (χ2v) is 10.8. The maximum Gasteiger partial charge on any atom is 0.321 e. The second kappa shape index (κ2) is 13.0. The fourth-order valence-electron chi connectivity index (χ4n) is 5.22. The smallest absolute Gasteiger partial charge is 0.321 e. The summed E-state index contributed by atoms with van der Waals surface area (Å²) in [5, 5.41) is 15.8. The molecule has 0 aromatic heterocycles. The van der Waals surface area contributed by atoms with E-state index < -0.39 is 12.1 Å². The Labute approximate surface area is 230 Å². The Morgan fingerprint density at radius 3 is 2.49 bits per heavy atom. The summed E-state index contributed by atoms with van der Waals surface area (Å²) in [6.45, 7) is 4.22. The number of hydrogen-bond acceptors (Lipinski definition) is 5. The molecule has 3 atom stereocenters. The highest BCUT2D eigenvalue weighted by Gasteiger charge is 2.34. The first-order valence-corrected chi connectivity index (χ1v) is 13.9. The molecule has 0 unspecified atom stereocenters. The molecular weight excluding hydrogens is 496 g/mol. The quantitative estimate of drug-likeness (QED) is 0.479. The van der Waals surface area contributed by atoms with Crippen molar-refractivity contribution in [3.8, 4) is 5.75 Å². The number of aliphatic hydroxyl groups is 1. The zero-order valence-corrected chi connectivity index (χ0v) is 23.1. The van der Waals surface area contributed by atoms with Crippen LogP contribution in [0.3, 0.4) is 0 Å². The third-order valence-corrected chi connectivity index (χ3v) is 7.73. The Morgan fingerprint density at radius 2 is 1.79 bits per heavy atom. The summed E-state index contributed by atoms with van der Waals surface area (Å²) in [5.74, 6) is -0.0396. The van der Waals surface area contributed by atoms with E-state index in [9.17, 15) is 19.5 Å². The Balaban J connectivity index is 1.56. The molecule has 0 radical (unpaired) electrons. The SMILES string of the molecule is C[C@@H]1CN([C@H](C)CO)C(=O)c2cc(NC(=O)C3CCCCC3)ccc2O[C@H]1CN(C)C(=O)Nc1ccccc1. The van der Waals surface area contributed by atoms with Crippen LogP contribution in [0.25, 0.3) is 0 Å². The molecule has 3 N–H and O–H groups in total. The number of aliphatic hydroxyl groups excluding tert-OH is 1. The number of ether oxygens (including phenoxy) is 1. The molecule has 0 saturated heterocycles. The molecule has 4 amide bonds. The number of benzene rings is 2. The van der Waals surface area contributed by atoms with Crippen LogP contribution in [0.4, 0.5) is 16.2 Å². The molecule has 0 spiro atoms. The highest BCUT2D eigenvalue weighted by atomic mass is 16.5. The molecule has 1 aliphatic heterocycles. The molecule has 1 fully saturated rings. The lowest BCUT2D eigenvalue weighted by Gasteiger charge is -2.38. The highest BCUT2D eigenvalue weighted by Crippen LogP contribution is 2.32. The number of hydrogen-bond donors (Lipinski definition) is 3. The monoisotopic (exact) mass is 536 g/mol. The zero-order chi connectivity index (χ0) is 27.9. The Hall–Kier alpha value is -3.59. The van der Waals surface area contributed by atoms with Gasteiger partial charge in [-0.25, -0.2) is 4.79 Å². The average Bonchev–Trinajstić information content (AvgIpc) is 2.95. The van der Waals surface area contributed by atoms with Gasteiger partial charge in [0, 0.05) is 36.8 Å². The Bertz CT molecular complexity index is 1150. The zero-order valence-electron chi connectivity index (χ0n) is 23.1. The van der Waals surface area contributed by atoms with Gasteiger partial charge in [0.25, 0.3) is 5.91 Å². The predicted molar refractivity (Wildman–Crippen MR) is 151 cm³/mol. The molecule has 2 aromatic rings. The van der Waals surface area contributed by atoms with E-state index in [1.165, 1.54) is 0 Å². The Kier molecular flexibility index (Phi) is 9.45. The summed E-state index contributed by atoms with van der Waals surface area (Å²) < 4.78 is 6.38. The van der Waals surface area contributed by atoms with Crippen LogP contribution in [-0.4, -0.2) is 71.6 Å². The minimum Gasteiger partial charge on any atom is -0.487 e. The van der Waals surface area contributed by atoms with E-state index in [4.69, 9.17) is 4.74 Å². The molecule has 4 rings (SSSR count). The van der Waals surface area contributed by atoms with Gasteiger partial charge in [-0.3, -0.25) is 9.59 Å². The van der Waals surface area contributed by atoms with Crippen molar-refractivity contribution in [3.63, 3.8) is 0 Å². The molecule has 1 heterocycles. The summed E-state index contributed by atoms with van der Waals surface area (Å²) in [6, 6.07) is 13.7. The number of anilines is 2. The topological polar surface area (TPSA) is 111 Å². The molecule has 2 aliphatic rings. The van der Waals surface area contributed by atoms with Gasteiger partial charge in [-0.1, -0.05) is 44.4 Å². The van der Waals surface area contributed by atoms with Gasteiger partial charge in [-0.05, 0) is 50.1 Å². The second-order valence-electron chi connectivity index (χ2n) is 10.8. The number of amides is 4. The van der Waals surface area contributed by atoms with E-state index in [2.05, 4.69) is 10.6 Å². The maximum atomic E-state index is 13.7. The first-order valence-electron chi connectivity index (χ1n) is 13.9. The molecule has 1 aliphatic carbocycles. The van der Waals surface area contributed by atoms with Gasteiger partial charge in [0.2, 0.25) is 5.91 Å². The number of likely N-dealkylation sites (N-methyl/N-ethyl adjacent to an activating group) is 1. The third kappa shape index (κ3) is 7.09. The van der Waals surface area contributed by atoms with Crippen molar-refractivity contribution < 1.29 is 24.2 Å². The van der Waals surface area contributed by atoms with Crippen molar-refractivity contribution >= 4 is 29.2 Å². The van der Waals surface area contributed by atoms with Crippen molar-refractivity contribution in [3.05, 3.63) is 54.1 Å². The van der Waals surface area contributed by atoms with E-state index in [0.717, 1.165) is 32.1 Å². The van der Waals surface area contributed by atoms with Crippen LogP contribution in [0, 0.1) is 11.8 Å². The van der Waals surface area contributed by atoms with E-state index in [0.29, 0.717) is 29.2 Å². The number of nitrogens with one attached hydrogen (secondary N) is 2. The van der Waals surface area contributed by atoms with E-state index >= 15 is 0 Å². The number of rotatable bonds is 7. The van der Waals surface area contributed by atoms with Gasteiger partial charge >= 0.3 is 6.03 Å². The fraction of sp³-hybridized carbons (Fsp3) is 0.500. The largest absolute Gasteiger partial charge is 0.487 e. The lowest BCUT2D eigenvalue weighted by Crippen LogP contribution is -2.50. The molecule has 9 nitrogen and oxygen atoms in total. The molecule has 39 heavy (non-hydrogen) atoms. The van der Waals surface area contributed by atoms with Crippen LogP contribution in [0.5, 0.6) is 5.75 Å². The number of fused-ring (bicyclic) bond motifs is 1. The number of carbonyl (C=O) groups excluding carboxylic acids is 3. The first kappa shape index (κ1) is 28.4. The van der Waals surface area contributed by atoms with Crippen molar-refractivity contribution in [2.24, 2.45) is 11.8 Å². The molecule has 1 saturated carbocycles. The normalized spacial score (nSPS) is 20.6. The summed E-state index contributed by atoms with van der Waals surface area (Å²) in [7, 11) is 1.71. The summed E-state index contributed by atoms with van der Waals surface area (Å²) in [5.41, 5.74) is 1.56. The average molecular weight is 537 g/mol. The molecule has 210 valence electrons. The van der Waals surface area contributed by atoms with E-state index in [-0.39, 0.29) is 42.8 Å². The van der Waals surface area contributed by atoms with Crippen LogP contribution in [0.15, 0.2) is 48.5 Å². The van der Waals surface area contributed by atoms with Crippen LogP contribution in [0.1, 0.15) is 56.3 Å². The number of nitrogens with zero attached hydrogens (tertiary/aromatic N) is 2. The molecule has 9 heteroatoms. The van der Waals surface area contributed by atoms with Crippen molar-refractivity contribution in [2.45, 2.75) is 58.1 Å². The van der Waals surface area contributed by atoms with Gasteiger partial charge in [-0.15, -0.1) is 0 Å². The van der Waals surface area contributed by atoms with E-state index in [1.54, 1.807) is 42.0 Å². The lowest BCUT2D eigenvalue weighted by atomic mass is 9.88. The van der Waals surface area contributed by atoms with Gasteiger partial charge in [0.1, 0.15) is 11.9 Å². The van der Waals surface area contributed by atoms with Crippen LogP contribution in [0.2, 0.25) is 0 Å². The summed E-state index contributed by atoms with van der Waals surface area (Å²) in [6.07, 6.45) is 4.62. The molecule has 2 aromatic carbocycles.